The quantitative estimate of drug-likeness (QED) is 0.939. The van der Waals surface area contributed by atoms with Crippen LogP contribution in [0.1, 0.15) is 19.0 Å². The lowest BCUT2D eigenvalue weighted by molar-refractivity contribution is 0.213. The number of aromatic nitrogens is 1. The molecule has 0 radical (unpaired) electrons. The van der Waals surface area contributed by atoms with Crippen molar-refractivity contribution in [2.24, 2.45) is 5.73 Å². The first-order valence-corrected chi connectivity index (χ1v) is 7.77. The molecule has 2 aromatic rings. The van der Waals surface area contributed by atoms with E-state index in [1.54, 1.807) is 0 Å². The topological polar surface area (TPSA) is 45.4 Å². The maximum absolute atomic E-state index is 5.83. The molecule has 0 aliphatic carbocycles. The molecule has 1 saturated heterocycles. The maximum atomic E-state index is 5.83. The molecule has 3 rings (SSSR count). The van der Waals surface area contributed by atoms with Gasteiger partial charge in [0.05, 0.1) is 5.69 Å². The van der Waals surface area contributed by atoms with Crippen molar-refractivity contribution in [1.82, 2.24) is 9.88 Å². The van der Waals surface area contributed by atoms with Gasteiger partial charge in [-0.3, -0.25) is 4.90 Å². The first-order valence-electron chi connectivity index (χ1n) is 7.77. The molecule has 1 unspecified atom stereocenters. The summed E-state index contributed by atoms with van der Waals surface area (Å²) in [5.41, 5.74) is 6.79. The number of rotatable bonds is 3. The van der Waals surface area contributed by atoms with E-state index in [0.29, 0.717) is 12.6 Å². The van der Waals surface area contributed by atoms with Crippen molar-refractivity contribution in [3.63, 3.8) is 0 Å². The van der Waals surface area contributed by atoms with Crippen molar-refractivity contribution in [3.8, 4) is 0 Å². The highest BCUT2D eigenvalue weighted by molar-refractivity contribution is 5.92. The summed E-state index contributed by atoms with van der Waals surface area (Å²) in [6, 6.07) is 11.2. The third kappa shape index (κ3) is 2.74. The predicted octanol–water partition coefficient (Wildman–Crippen LogP) is 2.22. The predicted molar refractivity (Wildman–Crippen MR) is 88.6 cm³/mol. The average Bonchev–Trinajstić information content (AvgIpc) is 2.54. The van der Waals surface area contributed by atoms with Crippen LogP contribution < -0.4 is 10.6 Å². The highest BCUT2D eigenvalue weighted by atomic mass is 15.3. The second kappa shape index (κ2) is 6.00. The van der Waals surface area contributed by atoms with Crippen molar-refractivity contribution >= 4 is 16.6 Å². The van der Waals surface area contributed by atoms with Crippen LogP contribution in [0.25, 0.3) is 10.8 Å². The van der Waals surface area contributed by atoms with Gasteiger partial charge in [0.2, 0.25) is 0 Å². The standard InChI is InChI=1S/C17H24N4/c1-3-15-12-21(9-8-20(15)2)17-16-7-5-4-6-13(16)10-14(11-18)19-17/h4-7,10,15H,3,8-9,11-12,18H2,1-2H3. The molecule has 1 aliphatic rings. The van der Waals surface area contributed by atoms with Crippen LogP contribution in [-0.4, -0.2) is 42.6 Å². The summed E-state index contributed by atoms with van der Waals surface area (Å²) < 4.78 is 0. The maximum Gasteiger partial charge on any atom is 0.136 e. The average molecular weight is 284 g/mol. The van der Waals surface area contributed by atoms with Gasteiger partial charge in [-0.05, 0) is 24.9 Å². The van der Waals surface area contributed by atoms with E-state index in [2.05, 4.69) is 54.1 Å². The first-order chi connectivity index (χ1) is 10.2. The number of piperazine rings is 1. The smallest absolute Gasteiger partial charge is 0.136 e. The van der Waals surface area contributed by atoms with E-state index >= 15 is 0 Å². The Labute approximate surface area is 126 Å². The number of benzene rings is 1. The van der Waals surface area contributed by atoms with E-state index in [1.807, 2.05) is 0 Å². The molecule has 4 heteroatoms. The van der Waals surface area contributed by atoms with Gasteiger partial charge in [-0.2, -0.15) is 0 Å². The van der Waals surface area contributed by atoms with E-state index in [1.165, 1.54) is 17.2 Å². The van der Waals surface area contributed by atoms with Gasteiger partial charge in [0, 0.05) is 37.6 Å². The lowest BCUT2D eigenvalue weighted by atomic mass is 10.1. The van der Waals surface area contributed by atoms with Crippen LogP contribution in [0.2, 0.25) is 0 Å². The molecule has 0 amide bonds. The van der Waals surface area contributed by atoms with Crippen molar-refractivity contribution in [2.75, 3.05) is 31.6 Å². The van der Waals surface area contributed by atoms with Crippen LogP contribution >= 0.6 is 0 Å². The first kappa shape index (κ1) is 14.3. The fourth-order valence-electron chi connectivity index (χ4n) is 3.16. The van der Waals surface area contributed by atoms with E-state index in [0.717, 1.165) is 31.1 Å². The van der Waals surface area contributed by atoms with Crippen LogP contribution in [0, 0.1) is 0 Å². The van der Waals surface area contributed by atoms with Gasteiger partial charge in [-0.15, -0.1) is 0 Å². The van der Waals surface area contributed by atoms with Gasteiger partial charge >= 0.3 is 0 Å². The molecular weight excluding hydrogens is 260 g/mol. The van der Waals surface area contributed by atoms with Gasteiger partial charge in [-0.25, -0.2) is 4.98 Å². The van der Waals surface area contributed by atoms with Crippen LogP contribution in [-0.2, 0) is 6.54 Å². The number of pyridine rings is 1. The molecule has 2 N–H and O–H groups in total. The molecular formula is C17H24N4. The molecule has 4 nitrogen and oxygen atoms in total. The highest BCUT2D eigenvalue weighted by Gasteiger charge is 2.24. The van der Waals surface area contributed by atoms with E-state index < -0.39 is 0 Å². The summed E-state index contributed by atoms with van der Waals surface area (Å²) in [4.78, 5) is 9.70. The molecule has 1 aromatic heterocycles. The van der Waals surface area contributed by atoms with Crippen molar-refractivity contribution < 1.29 is 0 Å². The molecule has 0 bridgehead atoms. The Bertz CT molecular complexity index is 625. The lowest BCUT2D eigenvalue weighted by Crippen LogP contribution is -2.51. The summed E-state index contributed by atoms with van der Waals surface area (Å²) in [5, 5.41) is 2.46. The number of hydrogen-bond donors (Lipinski definition) is 1. The Morgan fingerprint density at radius 3 is 2.86 bits per heavy atom. The molecule has 0 saturated carbocycles. The lowest BCUT2D eigenvalue weighted by Gasteiger charge is -2.40. The monoisotopic (exact) mass is 284 g/mol. The van der Waals surface area contributed by atoms with Crippen LogP contribution in [0.4, 0.5) is 5.82 Å². The van der Waals surface area contributed by atoms with Gasteiger partial charge < -0.3 is 10.6 Å². The van der Waals surface area contributed by atoms with Gasteiger partial charge in [-0.1, -0.05) is 31.2 Å². The number of fused-ring (bicyclic) bond motifs is 1. The number of hydrogen-bond acceptors (Lipinski definition) is 4. The minimum absolute atomic E-state index is 0.489. The Kier molecular flexibility index (Phi) is 4.08. The molecule has 1 aromatic carbocycles. The van der Waals surface area contributed by atoms with Crippen LogP contribution in [0.15, 0.2) is 30.3 Å². The molecule has 0 spiro atoms. The second-order valence-corrected chi connectivity index (χ2v) is 5.85. The zero-order chi connectivity index (χ0) is 14.8. The molecule has 1 fully saturated rings. The van der Waals surface area contributed by atoms with Crippen LogP contribution in [0.5, 0.6) is 0 Å². The fourth-order valence-corrected chi connectivity index (χ4v) is 3.16. The molecule has 2 heterocycles. The third-order valence-corrected chi connectivity index (χ3v) is 4.53. The summed E-state index contributed by atoms with van der Waals surface area (Å²) in [7, 11) is 2.22. The van der Waals surface area contributed by atoms with Gasteiger partial charge in [0.1, 0.15) is 5.82 Å². The van der Waals surface area contributed by atoms with Gasteiger partial charge in [0.25, 0.3) is 0 Å². The third-order valence-electron chi connectivity index (χ3n) is 4.53. The number of nitrogens with zero attached hydrogens (tertiary/aromatic N) is 3. The normalized spacial score (nSPS) is 20.1. The molecule has 21 heavy (non-hydrogen) atoms. The van der Waals surface area contributed by atoms with E-state index in [4.69, 9.17) is 10.7 Å². The Morgan fingerprint density at radius 2 is 2.10 bits per heavy atom. The Morgan fingerprint density at radius 1 is 1.29 bits per heavy atom. The van der Waals surface area contributed by atoms with Crippen LogP contribution in [0.3, 0.4) is 0 Å². The summed E-state index contributed by atoms with van der Waals surface area (Å²) in [6.07, 6.45) is 1.17. The summed E-state index contributed by atoms with van der Waals surface area (Å²) >= 11 is 0. The zero-order valence-electron chi connectivity index (χ0n) is 12.9. The number of anilines is 1. The van der Waals surface area contributed by atoms with Crippen molar-refractivity contribution in [3.05, 3.63) is 36.0 Å². The molecule has 112 valence electrons. The Hall–Kier alpha value is -1.65. The van der Waals surface area contributed by atoms with Crippen molar-refractivity contribution in [2.45, 2.75) is 25.9 Å². The summed E-state index contributed by atoms with van der Waals surface area (Å²) in [6.45, 7) is 5.90. The Balaban J connectivity index is 2.02. The SMILES string of the molecule is CCC1CN(c2nc(CN)cc3ccccc23)CCN1C. The fraction of sp³-hybridized carbons (Fsp3) is 0.471. The summed E-state index contributed by atoms with van der Waals surface area (Å²) in [5.74, 6) is 1.10. The number of nitrogens with two attached hydrogens (primary N) is 1. The van der Waals surface area contributed by atoms with E-state index in [-0.39, 0.29) is 0 Å². The van der Waals surface area contributed by atoms with Crippen molar-refractivity contribution in [1.29, 1.82) is 0 Å². The molecule has 1 atom stereocenters. The second-order valence-electron chi connectivity index (χ2n) is 5.85. The molecule has 1 aliphatic heterocycles. The number of likely N-dealkylation sites (N-methyl/N-ethyl adjacent to an activating group) is 1. The minimum atomic E-state index is 0.489. The largest absolute Gasteiger partial charge is 0.353 e. The van der Waals surface area contributed by atoms with E-state index in [9.17, 15) is 0 Å². The highest BCUT2D eigenvalue weighted by Crippen LogP contribution is 2.27. The zero-order valence-corrected chi connectivity index (χ0v) is 12.9. The minimum Gasteiger partial charge on any atom is -0.353 e. The van der Waals surface area contributed by atoms with Gasteiger partial charge in [0.15, 0.2) is 0 Å².